The number of benzene rings is 1. The number of ether oxygens (including phenoxy) is 1. The highest BCUT2D eigenvalue weighted by atomic mass is 32.1. The summed E-state index contributed by atoms with van der Waals surface area (Å²) in [6, 6.07) is 5.94. The van der Waals surface area contributed by atoms with E-state index < -0.39 is 16.3 Å². The molecule has 1 N–H and O–H groups in total. The second-order valence-electron chi connectivity index (χ2n) is 6.97. The van der Waals surface area contributed by atoms with Crippen LogP contribution in [0.2, 0.25) is 0 Å². The number of nitro benzene ring substituents is 1. The van der Waals surface area contributed by atoms with Crippen molar-refractivity contribution in [2.45, 2.75) is 34.6 Å². The molecule has 2 rings (SSSR count). The number of aryl methyl sites for hydroxylation is 1. The third-order valence-corrected chi connectivity index (χ3v) is 4.86. The van der Waals surface area contributed by atoms with Crippen molar-refractivity contribution in [3.8, 4) is 11.1 Å². The van der Waals surface area contributed by atoms with Gasteiger partial charge in [-0.3, -0.25) is 14.9 Å². The number of nitrogens with zero attached hydrogens (tertiary/aromatic N) is 1. The number of amides is 1. The second kappa shape index (κ2) is 7.87. The van der Waals surface area contributed by atoms with Crippen LogP contribution in [0.3, 0.4) is 0 Å². The minimum Gasteiger partial charge on any atom is -0.462 e. The van der Waals surface area contributed by atoms with Crippen molar-refractivity contribution in [2.24, 2.45) is 5.41 Å². The Labute approximate surface area is 161 Å². The number of nitrogens with one attached hydrogen (secondary N) is 1. The lowest BCUT2D eigenvalue weighted by molar-refractivity contribution is -0.384. The van der Waals surface area contributed by atoms with Crippen molar-refractivity contribution in [3.63, 3.8) is 0 Å². The number of hydrogen-bond acceptors (Lipinski definition) is 6. The van der Waals surface area contributed by atoms with Gasteiger partial charge in [-0.15, -0.1) is 11.3 Å². The van der Waals surface area contributed by atoms with Crippen molar-refractivity contribution in [3.05, 3.63) is 44.8 Å². The molecule has 0 fully saturated rings. The Morgan fingerprint density at radius 3 is 2.30 bits per heavy atom. The van der Waals surface area contributed by atoms with Gasteiger partial charge in [0.15, 0.2) is 0 Å². The highest BCUT2D eigenvalue weighted by molar-refractivity contribution is 7.17. The summed E-state index contributed by atoms with van der Waals surface area (Å²) in [5.74, 6) is -0.760. The van der Waals surface area contributed by atoms with Gasteiger partial charge in [-0.25, -0.2) is 4.79 Å². The highest BCUT2D eigenvalue weighted by Gasteiger charge is 2.28. The fourth-order valence-corrected chi connectivity index (χ4v) is 3.48. The van der Waals surface area contributed by atoms with Crippen molar-refractivity contribution in [1.82, 2.24) is 0 Å². The number of nitro groups is 1. The average Bonchev–Trinajstić information content (AvgIpc) is 2.90. The van der Waals surface area contributed by atoms with Gasteiger partial charge in [0, 0.05) is 28.0 Å². The van der Waals surface area contributed by atoms with Crippen LogP contribution in [-0.4, -0.2) is 23.4 Å². The maximum atomic E-state index is 12.6. The Balaban J connectivity index is 2.57. The van der Waals surface area contributed by atoms with Gasteiger partial charge in [-0.05, 0) is 31.5 Å². The molecular weight excluding hydrogens is 368 g/mol. The van der Waals surface area contributed by atoms with Crippen LogP contribution >= 0.6 is 11.3 Å². The molecule has 0 saturated heterocycles. The Bertz CT molecular complexity index is 879. The van der Waals surface area contributed by atoms with Gasteiger partial charge in [0.05, 0.1) is 11.5 Å². The number of anilines is 1. The first kappa shape index (κ1) is 20.6. The standard InChI is InChI=1S/C19H22N2O5S/c1-6-26-17(22)15-14(12-7-9-13(10-8-12)21(24)25)11(2)27-16(15)20-18(23)19(3,4)5/h7-10H,6H2,1-5H3,(H,20,23). The molecule has 2 aromatic rings. The van der Waals surface area contributed by atoms with E-state index in [1.165, 1.54) is 23.5 Å². The van der Waals surface area contributed by atoms with Crippen LogP contribution in [0.15, 0.2) is 24.3 Å². The molecule has 7 nitrogen and oxygen atoms in total. The summed E-state index contributed by atoms with van der Waals surface area (Å²) >= 11 is 1.28. The predicted molar refractivity (Wildman–Crippen MR) is 105 cm³/mol. The van der Waals surface area contributed by atoms with Gasteiger partial charge >= 0.3 is 5.97 Å². The summed E-state index contributed by atoms with van der Waals surface area (Å²) in [4.78, 5) is 36.2. The first-order valence-corrected chi connectivity index (χ1v) is 9.24. The number of rotatable bonds is 5. The van der Waals surface area contributed by atoms with Gasteiger partial charge in [-0.2, -0.15) is 0 Å². The van der Waals surface area contributed by atoms with Crippen LogP contribution in [0.1, 0.15) is 42.9 Å². The molecule has 0 saturated carbocycles. The third-order valence-electron chi connectivity index (χ3n) is 3.84. The number of non-ortho nitro benzene ring substituents is 1. The molecule has 0 unspecified atom stereocenters. The van der Waals surface area contributed by atoms with Crippen LogP contribution in [0.4, 0.5) is 10.7 Å². The molecule has 0 atom stereocenters. The topological polar surface area (TPSA) is 98.5 Å². The average molecular weight is 390 g/mol. The molecule has 0 aliphatic rings. The molecule has 0 aliphatic heterocycles. The lowest BCUT2D eigenvalue weighted by Crippen LogP contribution is -2.28. The highest BCUT2D eigenvalue weighted by Crippen LogP contribution is 2.41. The van der Waals surface area contributed by atoms with Crippen molar-refractivity contribution < 1.29 is 19.2 Å². The Kier molecular flexibility index (Phi) is 6.00. The summed E-state index contributed by atoms with van der Waals surface area (Å²) in [6.45, 7) is 9.07. The third kappa shape index (κ3) is 4.51. The van der Waals surface area contributed by atoms with Gasteiger partial charge < -0.3 is 10.1 Å². The predicted octanol–water partition coefficient (Wildman–Crippen LogP) is 4.79. The van der Waals surface area contributed by atoms with Crippen molar-refractivity contribution in [2.75, 3.05) is 11.9 Å². The van der Waals surface area contributed by atoms with Crippen LogP contribution in [-0.2, 0) is 9.53 Å². The summed E-state index contributed by atoms with van der Waals surface area (Å²) < 4.78 is 5.18. The number of hydrogen-bond donors (Lipinski definition) is 1. The Morgan fingerprint density at radius 1 is 1.22 bits per heavy atom. The quantitative estimate of drug-likeness (QED) is 0.449. The molecule has 144 valence electrons. The number of carbonyl (C=O) groups is 2. The van der Waals surface area contributed by atoms with Gasteiger partial charge in [0.1, 0.15) is 10.6 Å². The fraction of sp³-hybridized carbons (Fsp3) is 0.368. The minimum absolute atomic E-state index is 0.0365. The fourth-order valence-electron chi connectivity index (χ4n) is 2.42. The molecule has 0 bridgehead atoms. The van der Waals surface area contributed by atoms with E-state index in [2.05, 4.69) is 5.32 Å². The Morgan fingerprint density at radius 2 is 1.81 bits per heavy atom. The number of carbonyl (C=O) groups excluding carboxylic acids is 2. The summed E-state index contributed by atoms with van der Waals surface area (Å²) in [5, 5.41) is 14.1. The first-order chi connectivity index (χ1) is 12.6. The van der Waals surface area contributed by atoms with E-state index in [-0.39, 0.29) is 23.8 Å². The van der Waals surface area contributed by atoms with Crippen LogP contribution in [0.5, 0.6) is 0 Å². The number of thiophene rings is 1. The van der Waals surface area contributed by atoms with Gasteiger partial charge in [-0.1, -0.05) is 20.8 Å². The van der Waals surface area contributed by atoms with E-state index in [0.717, 1.165) is 4.88 Å². The molecule has 1 aromatic heterocycles. The van der Waals surface area contributed by atoms with E-state index >= 15 is 0 Å². The molecule has 0 aliphatic carbocycles. The van der Waals surface area contributed by atoms with Crippen LogP contribution in [0, 0.1) is 22.5 Å². The van der Waals surface area contributed by atoms with Crippen LogP contribution < -0.4 is 5.32 Å². The van der Waals surface area contributed by atoms with Crippen molar-refractivity contribution in [1.29, 1.82) is 0 Å². The monoisotopic (exact) mass is 390 g/mol. The molecule has 27 heavy (non-hydrogen) atoms. The molecular formula is C19H22N2O5S. The molecule has 0 radical (unpaired) electrons. The SMILES string of the molecule is CCOC(=O)c1c(NC(=O)C(C)(C)C)sc(C)c1-c1ccc([N+](=O)[O-])cc1. The largest absolute Gasteiger partial charge is 0.462 e. The maximum absolute atomic E-state index is 12.6. The van der Waals surface area contributed by atoms with Gasteiger partial charge in [0.25, 0.3) is 5.69 Å². The van der Waals surface area contributed by atoms with E-state index in [1.54, 1.807) is 39.8 Å². The normalized spacial score (nSPS) is 11.1. The minimum atomic E-state index is -0.628. The zero-order valence-electron chi connectivity index (χ0n) is 15.9. The molecule has 1 amide bonds. The summed E-state index contributed by atoms with van der Waals surface area (Å²) in [5.41, 5.74) is 0.861. The molecule has 8 heteroatoms. The van der Waals surface area contributed by atoms with Crippen LogP contribution in [0.25, 0.3) is 11.1 Å². The lowest BCUT2D eigenvalue weighted by atomic mass is 9.95. The first-order valence-electron chi connectivity index (χ1n) is 8.43. The lowest BCUT2D eigenvalue weighted by Gasteiger charge is -2.17. The van der Waals surface area contributed by atoms with E-state index in [0.29, 0.717) is 16.1 Å². The zero-order valence-corrected chi connectivity index (χ0v) is 16.7. The van der Waals surface area contributed by atoms with E-state index in [4.69, 9.17) is 4.74 Å². The Hall–Kier alpha value is -2.74. The summed E-state index contributed by atoms with van der Waals surface area (Å²) in [7, 11) is 0. The van der Waals surface area contributed by atoms with Gasteiger partial charge in [0.2, 0.25) is 5.91 Å². The van der Waals surface area contributed by atoms with E-state index in [9.17, 15) is 19.7 Å². The molecule has 0 spiro atoms. The van der Waals surface area contributed by atoms with E-state index in [1.807, 2.05) is 6.92 Å². The zero-order chi connectivity index (χ0) is 20.4. The number of esters is 1. The summed E-state index contributed by atoms with van der Waals surface area (Å²) in [6.07, 6.45) is 0. The maximum Gasteiger partial charge on any atom is 0.341 e. The molecule has 1 aromatic carbocycles. The van der Waals surface area contributed by atoms with Crippen molar-refractivity contribution >= 4 is 33.9 Å². The second-order valence-corrected chi connectivity index (χ2v) is 8.19. The molecule has 1 heterocycles. The smallest absolute Gasteiger partial charge is 0.341 e.